The predicted molar refractivity (Wildman–Crippen MR) is 69.7 cm³/mol. The number of hydrogen-bond acceptors (Lipinski definition) is 3. The Morgan fingerprint density at radius 2 is 1.50 bits per heavy atom. The van der Waals surface area contributed by atoms with Gasteiger partial charge in [0.15, 0.2) is 0 Å². The van der Waals surface area contributed by atoms with Crippen molar-refractivity contribution in [2.75, 3.05) is 0 Å². The van der Waals surface area contributed by atoms with Gasteiger partial charge in [-0.2, -0.15) is 0 Å². The first-order valence-corrected chi connectivity index (χ1v) is 5.81. The van der Waals surface area contributed by atoms with E-state index in [1.807, 2.05) is 55.5 Å². The molecule has 0 aromatic heterocycles. The van der Waals surface area contributed by atoms with Crippen molar-refractivity contribution >= 4 is 6.21 Å². The lowest BCUT2D eigenvalue weighted by Crippen LogP contribution is -2.29. The number of nitrogens with zero attached hydrogens (tertiary/aromatic N) is 1. The third kappa shape index (κ3) is 1.40. The molecule has 3 nitrogen and oxygen atoms in total. The van der Waals surface area contributed by atoms with E-state index < -0.39 is 5.41 Å². The maximum Gasteiger partial charge on any atom is 0.131 e. The van der Waals surface area contributed by atoms with Gasteiger partial charge in [0.25, 0.3) is 0 Å². The molecule has 1 aliphatic heterocycles. The van der Waals surface area contributed by atoms with Crippen molar-refractivity contribution in [2.24, 2.45) is 5.16 Å². The molecule has 2 aromatic rings. The molecule has 0 saturated heterocycles. The molecule has 0 fully saturated rings. The van der Waals surface area contributed by atoms with E-state index in [0.717, 1.165) is 22.6 Å². The zero-order chi connectivity index (χ0) is 12.6. The summed E-state index contributed by atoms with van der Waals surface area (Å²) in [6.45, 7) is 2.02. The number of rotatable bonds is 1. The number of para-hydroxylation sites is 2. The van der Waals surface area contributed by atoms with Crippen LogP contribution >= 0.6 is 0 Å². The topological polar surface area (TPSA) is 41.8 Å². The maximum absolute atomic E-state index is 8.96. The number of hydrogen-bond donors (Lipinski definition) is 1. The highest BCUT2D eigenvalue weighted by atomic mass is 16.5. The molecule has 0 spiro atoms. The Kier molecular flexibility index (Phi) is 2.33. The summed E-state index contributed by atoms with van der Waals surface area (Å²) in [6.07, 6.45) is 1.55. The van der Waals surface area contributed by atoms with E-state index >= 15 is 0 Å². The van der Waals surface area contributed by atoms with Crippen molar-refractivity contribution < 1.29 is 9.94 Å². The predicted octanol–water partition coefficient (Wildman–Crippen LogP) is 3.56. The van der Waals surface area contributed by atoms with Crippen LogP contribution in [0, 0.1) is 0 Å². The van der Waals surface area contributed by atoms with Crippen molar-refractivity contribution in [2.45, 2.75) is 12.3 Å². The summed E-state index contributed by atoms with van der Waals surface area (Å²) in [4.78, 5) is 0. The van der Waals surface area contributed by atoms with Crippen LogP contribution in [-0.2, 0) is 5.41 Å². The second kappa shape index (κ2) is 3.88. The summed E-state index contributed by atoms with van der Waals surface area (Å²) >= 11 is 0. The summed E-state index contributed by atoms with van der Waals surface area (Å²) in [5.41, 5.74) is 1.53. The molecule has 0 saturated carbocycles. The quantitative estimate of drug-likeness (QED) is 0.469. The molecule has 0 bridgehead atoms. The standard InChI is InChI=1S/C15H13NO2/c1-15(10-16-17)11-6-2-4-8-13(11)18-14-9-5-3-7-12(14)15/h2-10,17H,1H3. The largest absolute Gasteiger partial charge is 0.457 e. The second-order valence-corrected chi connectivity index (χ2v) is 4.54. The van der Waals surface area contributed by atoms with Crippen molar-refractivity contribution in [1.29, 1.82) is 0 Å². The molecule has 1 heterocycles. The normalized spacial score (nSPS) is 15.8. The molecule has 18 heavy (non-hydrogen) atoms. The van der Waals surface area contributed by atoms with E-state index in [-0.39, 0.29) is 0 Å². The van der Waals surface area contributed by atoms with Gasteiger partial charge in [-0.15, -0.1) is 5.16 Å². The smallest absolute Gasteiger partial charge is 0.131 e. The Balaban J connectivity index is 2.31. The summed E-state index contributed by atoms with van der Waals surface area (Å²) in [7, 11) is 0. The van der Waals surface area contributed by atoms with Crippen LogP contribution in [0.3, 0.4) is 0 Å². The molecule has 0 amide bonds. The third-order valence-corrected chi connectivity index (χ3v) is 3.43. The van der Waals surface area contributed by atoms with Gasteiger partial charge in [-0.3, -0.25) is 0 Å². The lowest BCUT2D eigenvalue weighted by molar-refractivity contribution is 0.317. The van der Waals surface area contributed by atoms with Gasteiger partial charge in [0.05, 0.1) is 11.6 Å². The van der Waals surface area contributed by atoms with Gasteiger partial charge in [-0.05, 0) is 19.1 Å². The second-order valence-electron chi connectivity index (χ2n) is 4.54. The fraction of sp³-hybridized carbons (Fsp3) is 0.133. The first-order valence-electron chi connectivity index (χ1n) is 5.81. The van der Waals surface area contributed by atoms with Crippen LogP contribution in [0.4, 0.5) is 0 Å². The van der Waals surface area contributed by atoms with Crippen molar-refractivity contribution in [3.05, 3.63) is 59.7 Å². The van der Waals surface area contributed by atoms with E-state index in [1.165, 1.54) is 0 Å². The zero-order valence-corrected chi connectivity index (χ0v) is 10.00. The Morgan fingerprint density at radius 1 is 1.00 bits per heavy atom. The molecular formula is C15H13NO2. The molecule has 3 rings (SSSR count). The Morgan fingerprint density at radius 3 is 2.00 bits per heavy atom. The number of ether oxygens (including phenoxy) is 1. The number of benzene rings is 2. The molecule has 0 unspecified atom stereocenters. The van der Waals surface area contributed by atoms with Crippen LogP contribution in [0.5, 0.6) is 11.5 Å². The van der Waals surface area contributed by atoms with Crippen LogP contribution in [-0.4, -0.2) is 11.4 Å². The van der Waals surface area contributed by atoms with E-state index in [2.05, 4.69) is 5.16 Å². The average Bonchev–Trinajstić information content (AvgIpc) is 2.40. The minimum Gasteiger partial charge on any atom is -0.457 e. The Bertz CT molecular complexity index is 574. The van der Waals surface area contributed by atoms with E-state index in [0.29, 0.717) is 0 Å². The van der Waals surface area contributed by atoms with Gasteiger partial charge in [0, 0.05) is 11.1 Å². The van der Waals surface area contributed by atoms with Crippen LogP contribution in [0.15, 0.2) is 53.7 Å². The van der Waals surface area contributed by atoms with Gasteiger partial charge in [-0.1, -0.05) is 36.4 Å². The fourth-order valence-electron chi connectivity index (χ4n) is 2.49. The monoisotopic (exact) mass is 239 g/mol. The number of oxime groups is 1. The molecule has 1 N–H and O–H groups in total. The highest BCUT2D eigenvalue weighted by molar-refractivity contribution is 5.82. The maximum atomic E-state index is 8.96. The summed E-state index contributed by atoms with van der Waals surface area (Å²) in [6, 6.07) is 15.6. The molecule has 1 aliphatic rings. The fourth-order valence-corrected chi connectivity index (χ4v) is 2.49. The van der Waals surface area contributed by atoms with Gasteiger partial charge < -0.3 is 9.94 Å². The van der Waals surface area contributed by atoms with E-state index in [4.69, 9.17) is 9.94 Å². The number of fused-ring (bicyclic) bond motifs is 2. The highest BCUT2D eigenvalue weighted by Gasteiger charge is 2.36. The molecule has 2 aromatic carbocycles. The third-order valence-electron chi connectivity index (χ3n) is 3.43. The lowest BCUT2D eigenvalue weighted by Gasteiger charge is -2.33. The molecular weight excluding hydrogens is 226 g/mol. The van der Waals surface area contributed by atoms with Crippen molar-refractivity contribution in [3.8, 4) is 11.5 Å². The molecule has 3 heteroatoms. The first kappa shape index (κ1) is 10.8. The van der Waals surface area contributed by atoms with Gasteiger partial charge >= 0.3 is 0 Å². The van der Waals surface area contributed by atoms with Gasteiger partial charge in [0.1, 0.15) is 11.5 Å². The average molecular weight is 239 g/mol. The van der Waals surface area contributed by atoms with Crippen molar-refractivity contribution in [3.63, 3.8) is 0 Å². The van der Waals surface area contributed by atoms with Crippen LogP contribution in [0.25, 0.3) is 0 Å². The molecule has 0 atom stereocenters. The van der Waals surface area contributed by atoms with Crippen molar-refractivity contribution in [1.82, 2.24) is 0 Å². The summed E-state index contributed by atoms with van der Waals surface area (Å²) < 4.78 is 5.88. The van der Waals surface area contributed by atoms with E-state index in [1.54, 1.807) is 6.21 Å². The lowest BCUT2D eigenvalue weighted by atomic mass is 9.75. The molecule has 0 radical (unpaired) electrons. The van der Waals surface area contributed by atoms with E-state index in [9.17, 15) is 0 Å². The Hall–Kier alpha value is -2.29. The zero-order valence-electron chi connectivity index (χ0n) is 10.00. The van der Waals surface area contributed by atoms with Gasteiger partial charge in [0.2, 0.25) is 0 Å². The van der Waals surface area contributed by atoms with Crippen LogP contribution in [0.1, 0.15) is 18.1 Å². The summed E-state index contributed by atoms with van der Waals surface area (Å²) in [5, 5.41) is 12.2. The SMILES string of the molecule is CC1(C=NO)c2ccccc2Oc2ccccc21. The van der Waals surface area contributed by atoms with Crippen LogP contribution in [0.2, 0.25) is 0 Å². The minimum absolute atomic E-state index is 0.472. The molecule has 90 valence electrons. The van der Waals surface area contributed by atoms with Gasteiger partial charge in [-0.25, -0.2) is 0 Å². The first-order chi connectivity index (χ1) is 8.75. The Labute approximate surface area is 105 Å². The molecule has 0 aliphatic carbocycles. The van der Waals surface area contributed by atoms with Crippen LogP contribution < -0.4 is 4.74 Å². The highest BCUT2D eigenvalue weighted by Crippen LogP contribution is 2.46. The summed E-state index contributed by atoms with van der Waals surface area (Å²) in [5.74, 6) is 1.61. The minimum atomic E-state index is -0.472.